The molecule has 1 aliphatic rings. The summed E-state index contributed by atoms with van der Waals surface area (Å²) in [5.74, 6) is -0.850. The number of hydrogen-bond donors (Lipinski definition) is 1. The molecular weight excluding hydrogens is 372 g/mol. The van der Waals surface area contributed by atoms with Gasteiger partial charge >= 0.3 is 0 Å². The highest BCUT2D eigenvalue weighted by Gasteiger charge is 2.35. The number of thiazole rings is 1. The Hall–Kier alpha value is -2.84. The summed E-state index contributed by atoms with van der Waals surface area (Å²) in [7, 11) is -3.87. The summed E-state index contributed by atoms with van der Waals surface area (Å²) in [5.41, 5.74) is 0.369. The summed E-state index contributed by atoms with van der Waals surface area (Å²) in [4.78, 5) is 29.8. The first kappa shape index (κ1) is 16.6. The molecule has 2 heterocycles. The molecule has 0 unspecified atom stereocenters. The number of anilines is 1. The van der Waals surface area contributed by atoms with Gasteiger partial charge in [-0.25, -0.2) is 13.4 Å². The zero-order valence-corrected chi connectivity index (χ0v) is 15.1. The molecule has 1 N–H and O–H groups in total. The predicted molar refractivity (Wildman–Crippen MR) is 96.6 cm³/mol. The van der Waals surface area contributed by atoms with E-state index in [2.05, 4.69) is 10.3 Å². The topological polar surface area (TPSA) is 93.2 Å². The van der Waals surface area contributed by atoms with Crippen LogP contribution in [0.4, 0.5) is 5.13 Å². The maximum atomic E-state index is 12.9. The maximum Gasteiger partial charge on any atom is 0.257 e. The van der Waals surface area contributed by atoms with Gasteiger partial charge in [0.2, 0.25) is 9.84 Å². The van der Waals surface area contributed by atoms with Crippen molar-refractivity contribution >= 4 is 38.0 Å². The lowest BCUT2D eigenvalue weighted by atomic mass is 10.0. The smallest absolute Gasteiger partial charge is 0.257 e. The minimum atomic E-state index is -3.87. The first-order valence-corrected chi connectivity index (χ1v) is 9.94. The lowest BCUT2D eigenvalue weighted by Crippen LogP contribution is -2.21. The second-order valence-electron chi connectivity index (χ2n) is 5.77. The highest BCUT2D eigenvalue weighted by Crippen LogP contribution is 2.34. The van der Waals surface area contributed by atoms with E-state index in [9.17, 15) is 18.0 Å². The van der Waals surface area contributed by atoms with E-state index in [4.69, 9.17) is 0 Å². The first-order valence-electron chi connectivity index (χ1n) is 7.64. The van der Waals surface area contributed by atoms with E-state index >= 15 is 0 Å². The second-order valence-corrected chi connectivity index (χ2v) is 8.89. The fourth-order valence-corrected chi connectivity index (χ4v) is 5.14. The molecule has 3 aromatic rings. The molecule has 0 saturated heterocycles. The number of aryl methyl sites for hydroxylation is 1. The molecule has 0 spiro atoms. The molecule has 0 radical (unpaired) electrons. The van der Waals surface area contributed by atoms with Gasteiger partial charge in [-0.1, -0.05) is 12.1 Å². The molecule has 130 valence electrons. The van der Waals surface area contributed by atoms with Crippen LogP contribution in [0.2, 0.25) is 0 Å². The number of benzene rings is 2. The van der Waals surface area contributed by atoms with Crippen LogP contribution < -0.4 is 5.32 Å². The fourth-order valence-electron chi connectivity index (χ4n) is 2.81. The normalized spacial score (nSPS) is 14.4. The Morgan fingerprint density at radius 2 is 1.81 bits per heavy atom. The van der Waals surface area contributed by atoms with Gasteiger partial charge in [0.15, 0.2) is 10.9 Å². The predicted octanol–water partition coefficient (Wildman–Crippen LogP) is 3.08. The van der Waals surface area contributed by atoms with E-state index in [1.165, 1.54) is 41.7 Å². The van der Waals surface area contributed by atoms with Crippen LogP contribution in [0, 0.1) is 6.92 Å². The van der Waals surface area contributed by atoms with E-state index in [-0.39, 0.29) is 32.3 Å². The van der Waals surface area contributed by atoms with Crippen molar-refractivity contribution < 1.29 is 18.0 Å². The van der Waals surface area contributed by atoms with Gasteiger partial charge in [-0.05, 0) is 37.3 Å². The van der Waals surface area contributed by atoms with E-state index < -0.39 is 15.7 Å². The quantitative estimate of drug-likeness (QED) is 0.573. The second kappa shape index (κ2) is 5.86. The lowest BCUT2D eigenvalue weighted by Gasteiger charge is -2.19. The number of nitrogens with one attached hydrogen (secondary N) is 1. The number of carbonyl (C=O) groups is 2. The number of amides is 1. The Kier molecular flexibility index (Phi) is 3.74. The lowest BCUT2D eigenvalue weighted by molar-refractivity contribution is 0.101. The summed E-state index contributed by atoms with van der Waals surface area (Å²) < 4.78 is 25.8. The van der Waals surface area contributed by atoms with Crippen LogP contribution >= 0.6 is 11.3 Å². The molecule has 1 amide bonds. The van der Waals surface area contributed by atoms with Crippen molar-refractivity contribution in [3.8, 4) is 0 Å². The molecule has 6 nitrogen and oxygen atoms in total. The van der Waals surface area contributed by atoms with E-state index in [0.717, 1.165) is 4.88 Å². The number of carbonyl (C=O) groups excluding carboxylic acids is 2. The van der Waals surface area contributed by atoms with Gasteiger partial charge in [0.1, 0.15) is 0 Å². The third-order valence-corrected chi connectivity index (χ3v) is 6.72. The molecule has 0 fully saturated rings. The molecule has 1 aliphatic heterocycles. The first-order chi connectivity index (χ1) is 12.4. The van der Waals surface area contributed by atoms with Crippen molar-refractivity contribution in [3.05, 3.63) is 70.2 Å². The van der Waals surface area contributed by atoms with E-state index in [0.29, 0.717) is 5.13 Å². The maximum absolute atomic E-state index is 12.9. The molecule has 0 saturated carbocycles. The molecule has 26 heavy (non-hydrogen) atoms. The number of ketones is 1. The number of fused-ring (bicyclic) bond motifs is 2. The van der Waals surface area contributed by atoms with Crippen molar-refractivity contribution in [1.82, 2.24) is 4.98 Å². The van der Waals surface area contributed by atoms with Crippen LogP contribution in [0.5, 0.6) is 0 Å². The SMILES string of the molecule is Cc1cnc(NC(=O)c2ccc3c(c2)S(=O)(=O)c2ccccc2C3=O)s1. The molecule has 0 atom stereocenters. The van der Waals surface area contributed by atoms with Gasteiger partial charge in [-0.3, -0.25) is 14.9 Å². The van der Waals surface area contributed by atoms with Gasteiger partial charge in [-0.2, -0.15) is 0 Å². The molecule has 1 aromatic heterocycles. The Morgan fingerprint density at radius 3 is 2.54 bits per heavy atom. The Labute approximate surface area is 153 Å². The summed E-state index contributed by atoms with van der Waals surface area (Å²) in [6.07, 6.45) is 1.63. The third-order valence-electron chi connectivity index (χ3n) is 4.04. The van der Waals surface area contributed by atoms with Crippen LogP contribution in [0.15, 0.2) is 58.5 Å². The van der Waals surface area contributed by atoms with Crippen molar-refractivity contribution in [3.63, 3.8) is 0 Å². The van der Waals surface area contributed by atoms with Crippen molar-refractivity contribution in [2.75, 3.05) is 5.32 Å². The minimum Gasteiger partial charge on any atom is -0.298 e. The minimum absolute atomic E-state index is 0.0365. The number of hydrogen-bond acceptors (Lipinski definition) is 6. The number of nitrogens with zero attached hydrogens (tertiary/aromatic N) is 1. The average molecular weight is 384 g/mol. The van der Waals surface area contributed by atoms with E-state index in [1.54, 1.807) is 18.3 Å². The highest BCUT2D eigenvalue weighted by atomic mass is 32.2. The summed E-state index contributed by atoms with van der Waals surface area (Å²) >= 11 is 1.31. The average Bonchev–Trinajstić information content (AvgIpc) is 3.04. The number of sulfone groups is 1. The van der Waals surface area contributed by atoms with Crippen molar-refractivity contribution in [1.29, 1.82) is 0 Å². The standard InChI is InChI=1S/C18H12N2O4S2/c1-10-9-19-18(25-10)20-17(22)11-6-7-13-15(8-11)26(23,24)14-5-3-2-4-12(14)16(13)21/h2-9H,1H3,(H,19,20,22). The van der Waals surface area contributed by atoms with Gasteiger partial charge in [0.25, 0.3) is 5.91 Å². The van der Waals surface area contributed by atoms with Gasteiger partial charge in [0.05, 0.1) is 9.79 Å². The molecule has 0 aliphatic carbocycles. The van der Waals surface area contributed by atoms with Crippen LogP contribution in [-0.4, -0.2) is 25.1 Å². The number of rotatable bonds is 2. The summed E-state index contributed by atoms with van der Waals surface area (Å²) in [6, 6.07) is 10.1. The fraction of sp³-hybridized carbons (Fsp3) is 0.0556. The Bertz CT molecular complexity index is 1180. The molecule has 4 rings (SSSR count). The molecule has 8 heteroatoms. The van der Waals surface area contributed by atoms with Gasteiger partial charge in [-0.15, -0.1) is 11.3 Å². The molecular formula is C18H12N2O4S2. The van der Waals surface area contributed by atoms with Gasteiger partial charge in [0, 0.05) is 27.8 Å². The monoisotopic (exact) mass is 384 g/mol. The van der Waals surface area contributed by atoms with Gasteiger partial charge < -0.3 is 0 Å². The zero-order valence-electron chi connectivity index (χ0n) is 13.5. The largest absolute Gasteiger partial charge is 0.298 e. The van der Waals surface area contributed by atoms with Crippen LogP contribution in [0.25, 0.3) is 0 Å². The van der Waals surface area contributed by atoms with Crippen molar-refractivity contribution in [2.45, 2.75) is 16.7 Å². The summed E-state index contributed by atoms with van der Waals surface area (Å²) in [5, 5.41) is 3.06. The van der Waals surface area contributed by atoms with Crippen LogP contribution in [0.1, 0.15) is 31.2 Å². The zero-order chi connectivity index (χ0) is 18.5. The van der Waals surface area contributed by atoms with Crippen molar-refractivity contribution in [2.24, 2.45) is 0 Å². The number of aromatic nitrogens is 1. The van der Waals surface area contributed by atoms with Crippen LogP contribution in [-0.2, 0) is 9.84 Å². The van der Waals surface area contributed by atoms with E-state index in [1.807, 2.05) is 6.92 Å². The van der Waals surface area contributed by atoms with Crippen LogP contribution in [0.3, 0.4) is 0 Å². The Balaban J connectivity index is 1.78. The molecule has 2 aromatic carbocycles. The molecule has 0 bridgehead atoms. The third kappa shape index (κ3) is 2.54. The Morgan fingerprint density at radius 1 is 1.08 bits per heavy atom. The highest BCUT2D eigenvalue weighted by molar-refractivity contribution is 7.91. The summed E-state index contributed by atoms with van der Waals surface area (Å²) in [6.45, 7) is 1.86.